The number of ether oxygens (including phenoxy) is 1. The Labute approximate surface area is 102 Å². The van der Waals surface area contributed by atoms with Crippen molar-refractivity contribution in [3.63, 3.8) is 0 Å². The van der Waals surface area contributed by atoms with E-state index < -0.39 is 6.10 Å². The van der Waals surface area contributed by atoms with E-state index in [9.17, 15) is 5.11 Å². The van der Waals surface area contributed by atoms with Gasteiger partial charge in [-0.2, -0.15) is 0 Å². The monoisotopic (exact) mass is 239 g/mol. The first kappa shape index (κ1) is 14.0. The van der Waals surface area contributed by atoms with Crippen LogP contribution in [0.25, 0.3) is 0 Å². The lowest BCUT2D eigenvalue weighted by molar-refractivity contribution is 0.0710. The van der Waals surface area contributed by atoms with E-state index in [-0.39, 0.29) is 13.2 Å². The molecule has 0 heterocycles. The van der Waals surface area contributed by atoms with Crippen LogP contribution < -0.4 is 4.74 Å². The minimum atomic E-state index is -0.549. The predicted molar refractivity (Wildman–Crippen MR) is 67.3 cm³/mol. The van der Waals surface area contributed by atoms with Crippen LogP contribution in [0.15, 0.2) is 24.3 Å². The third-order valence-corrected chi connectivity index (χ3v) is 2.44. The smallest absolute Gasteiger partial charge is 0.119 e. The van der Waals surface area contributed by atoms with Gasteiger partial charge >= 0.3 is 0 Å². The molecule has 0 fully saturated rings. The Kier molecular flexibility index (Phi) is 5.97. The van der Waals surface area contributed by atoms with Crippen molar-refractivity contribution in [2.75, 3.05) is 33.4 Å². The van der Waals surface area contributed by atoms with Gasteiger partial charge in [0.1, 0.15) is 18.5 Å². The summed E-state index contributed by atoms with van der Waals surface area (Å²) in [5.74, 6) is 0.772. The molecule has 1 atom stereocenters. The second-order valence-corrected chi connectivity index (χ2v) is 4.27. The topological polar surface area (TPSA) is 52.9 Å². The standard InChI is InChI=1S/C13H21NO3/c1-11-4-3-5-13(8-11)17-10-12(16)9-14(2)6-7-15/h3-5,8,12,15-16H,6-7,9-10H2,1-2H3. The lowest BCUT2D eigenvalue weighted by Gasteiger charge is -2.19. The van der Waals surface area contributed by atoms with Gasteiger partial charge in [0.15, 0.2) is 0 Å². The molecule has 4 nitrogen and oxygen atoms in total. The maximum atomic E-state index is 9.73. The van der Waals surface area contributed by atoms with E-state index in [0.29, 0.717) is 13.1 Å². The first-order valence-electron chi connectivity index (χ1n) is 5.78. The molecule has 2 N–H and O–H groups in total. The first-order chi connectivity index (χ1) is 8.11. The van der Waals surface area contributed by atoms with Crippen molar-refractivity contribution in [1.82, 2.24) is 4.90 Å². The number of nitrogens with zero attached hydrogens (tertiary/aromatic N) is 1. The summed E-state index contributed by atoms with van der Waals surface area (Å²) in [6.45, 7) is 3.41. The van der Waals surface area contributed by atoms with E-state index in [0.717, 1.165) is 11.3 Å². The molecule has 1 rings (SSSR count). The van der Waals surface area contributed by atoms with Gasteiger partial charge in [-0.3, -0.25) is 0 Å². The molecular formula is C13H21NO3. The van der Waals surface area contributed by atoms with Crippen molar-refractivity contribution >= 4 is 0 Å². The van der Waals surface area contributed by atoms with Crippen molar-refractivity contribution in [2.24, 2.45) is 0 Å². The van der Waals surface area contributed by atoms with E-state index in [2.05, 4.69) is 0 Å². The second-order valence-electron chi connectivity index (χ2n) is 4.27. The van der Waals surface area contributed by atoms with Gasteiger partial charge < -0.3 is 19.8 Å². The molecule has 0 radical (unpaired) electrons. The number of rotatable bonds is 7. The van der Waals surface area contributed by atoms with E-state index in [1.807, 2.05) is 43.1 Å². The van der Waals surface area contributed by atoms with Gasteiger partial charge in [0.2, 0.25) is 0 Å². The van der Waals surface area contributed by atoms with Crippen LogP contribution in [0.2, 0.25) is 0 Å². The largest absolute Gasteiger partial charge is 0.491 e. The fraction of sp³-hybridized carbons (Fsp3) is 0.538. The highest BCUT2D eigenvalue weighted by Crippen LogP contribution is 2.12. The first-order valence-corrected chi connectivity index (χ1v) is 5.78. The summed E-state index contributed by atoms with van der Waals surface area (Å²) >= 11 is 0. The normalized spacial score (nSPS) is 12.8. The zero-order valence-corrected chi connectivity index (χ0v) is 10.5. The SMILES string of the molecule is Cc1cccc(OCC(O)CN(C)CCO)c1. The molecule has 0 aliphatic rings. The van der Waals surface area contributed by atoms with Crippen molar-refractivity contribution in [3.8, 4) is 5.75 Å². The minimum Gasteiger partial charge on any atom is -0.491 e. The molecular weight excluding hydrogens is 218 g/mol. The van der Waals surface area contributed by atoms with Crippen LogP contribution in [0.3, 0.4) is 0 Å². The van der Waals surface area contributed by atoms with Gasteiger partial charge in [0, 0.05) is 13.1 Å². The summed E-state index contributed by atoms with van der Waals surface area (Å²) in [7, 11) is 1.85. The van der Waals surface area contributed by atoms with Gasteiger partial charge in [-0.15, -0.1) is 0 Å². The molecule has 0 aromatic heterocycles. The van der Waals surface area contributed by atoms with Crippen molar-refractivity contribution < 1.29 is 14.9 Å². The number of hydrogen-bond acceptors (Lipinski definition) is 4. The molecule has 0 saturated carbocycles. The van der Waals surface area contributed by atoms with Gasteiger partial charge in [-0.25, -0.2) is 0 Å². The van der Waals surface area contributed by atoms with Crippen LogP contribution in [-0.2, 0) is 0 Å². The summed E-state index contributed by atoms with van der Waals surface area (Å²) in [5.41, 5.74) is 1.13. The number of likely N-dealkylation sites (N-methyl/N-ethyl adjacent to an activating group) is 1. The molecule has 0 bridgehead atoms. The Morgan fingerprint density at radius 2 is 2.18 bits per heavy atom. The molecule has 1 aromatic rings. The maximum absolute atomic E-state index is 9.73. The Hall–Kier alpha value is -1.10. The van der Waals surface area contributed by atoms with Crippen LogP contribution in [0.5, 0.6) is 5.75 Å². The molecule has 1 unspecified atom stereocenters. The molecule has 0 amide bonds. The summed E-state index contributed by atoms with van der Waals surface area (Å²) in [4.78, 5) is 1.87. The number of aliphatic hydroxyl groups is 2. The summed E-state index contributed by atoms with van der Waals surface area (Å²) in [5, 5.41) is 18.5. The number of aryl methyl sites for hydroxylation is 1. The fourth-order valence-corrected chi connectivity index (χ4v) is 1.57. The fourth-order valence-electron chi connectivity index (χ4n) is 1.57. The van der Waals surface area contributed by atoms with Gasteiger partial charge in [-0.05, 0) is 31.7 Å². The Bertz CT molecular complexity index is 330. The van der Waals surface area contributed by atoms with Gasteiger partial charge in [0.05, 0.1) is 6.61 Å². The second kappa shape index (κ2) is 7.27. The Morgan fingerprint density at radius 1 is 1.41 bits per heavy atom. The summed E-state index contributed by atoms with van der Waals surface area (Å²) < 4.78 is 5.49. The van der Waals surface area contributed by atoms with Crippen molar-refractivity contribution in [1.29, 1.82) is 0 Å². The molecule has 0 aliphatic heterocycles. The summed E-state index contributed by atoms with van der Waals surface area (Å²) in [6, 6.07) is 7.73. The Balaban J connectivity index is 2.30. The van der Waals surface area contributed by atoms with Crippen LogP contribution in [-0.4, -0.2) is 54.6 Å². The molecule has 17 heavy (non-hydrogen) atoms. The highest BCUT2D eigenvalue weighted by molar-refractivity contribution is 5.27. The van der Waals surface area contributed by atoms with Crippen LogP contribution in [0.4, 0.5) is 0 Å². The van der Waals surface area contributed by atoms with Crippen LogP contribution in [0.1, 0.15) is 5.56 Å². The highest BCUT2D eigenvalue weighted by Gasteiger charge is 2.08. The highest BCUT2D eigenvalue weighted by atomic mass is 16.5. The Morgan fingerprint density at radius 3 is 2.82 bits per heavy atom. The average molecular weight is 239 g/mol. The molecule has 0 spiro atoms. The lowest BCUT2D eigenvalue weighted by Crippen LogP contribution is -2.34. The lowest BCUT2D eigenvalue weighted by atomic mass is 10.2. The third-order valence-electron chi connectivity index (χ3n) is 2.44. The molecule has 4 heteroatoms. The predicted octanol–water partition coefficient (Wildman–Crippen LogP) is 0.659. The maximum Gasteiger partial charge on any atom is 0.119 e. The van der Waals surface area contributed by atoms with Crippen LogP contribution >= 0.6 is 0 Å². The van der Waals surface area contributed by atoms with E-state index >= 15 is 0 Å². The van der Waals surface area contributed by atoms with Crippen LogP contribution in [0, 0.1) is 6.92 Å². The van der Waals surface area contributed by atoms with E-state index in [1.54, 1.807) is 0 Å². The quantitative estimate of drug-likeness (QED) is 0.734. The van der Waals surface area contributed by atoms with Crippen molar-refractivity contribution in [2.45, 2.75) is 13.0 Å². The average Bonchev–Trinajstić information content (AvgIpc) is 2.27. The molecule has 96 valence electrons. The van der Waals surface area contributed by atoms with E-state index in [1.165, 1.54) is 0 Å². The molecule has 0 aliphatic carbocycles. The number of benzene rings is 1. The zero-order chi connectivity index (χ0) is 12.7. The van der Waals surface area contributed by atoms with E-state index in [4.69, 9.17) is 9.84 Å². The third kappa shape index (κ3) is 5.68. The molecule has 1 aromatic carbocycles. The zero-order valence-electron chi connectivity index (χ0n) is 10.5. The van der Waals surface area contributed by atoms with Crippen molar-refractivity contribution in [3.05, 3.63) is 29.8 Å². The minimum absolute atomic E-state index is 0.0992. The van der Waals surface area contributed by atoms with Gasteiger partial charge in [-0.1, -0.05) is 12.1 Å². The number of aliphatic hydroxyl groups excluding tert-OH is 2. The number of hydrogen-bond donors (Lipinski definition) is 2. The van der Waals surface area contributed by atoms with Gasteiger partial charge in [0.25, 0.3) is 0 Å². The molecule has 0 saturated heterocycles. The summed E-state index contributed by atoms with van der Waals surface area (Å²) in [6.07, 6.45) is -0.549.